The molecule has 27 heavy (non-hydrogen) atoms. The van der Waals surface area contributed by atoms with Crippen LogP contribution < -0.4 is 16.0 Å². The molecule has 0 unspecified atom stereocenters. The van der Waals surface area contributed by atoms with Crippen LogP contribution in [0.4, 0.5) is 17.2 Å². The van der Waals surface area contributed by atoms with E-state index in [0.717, 1.165) is 50.1 Å². The van der Waals surface area contributed by atoms with E-state index in [-0.39, 0.29) is 6.04 Å². The lowest BCUT2D eigenvalue weighted by atomic mass is 10.1. The standard InChI is InChI=1S/C20H23N7/c1-11(13-5-6-14-10-23-26-17(14)7-13)24-20-16-9-19(22-4)18(21-3)8-15(16)12(2)25-27-20/h5-11,21-22H,1-4H3,(H,23,26)(H,24,27)/t11-/m1/s1. The van der Waals surface area contributed by atoms with Gasteiger partial charge in [-0.3, -0.25) is 5.10 Å². The Bertz CT molecular complexity index is 1120. The number of aryl methyl sites for hydroxylation is 1. The van der Waals surface area contributed by atoms with E-state index in [1.165, 1.54) is 0 Å². The summed E-state index contributed by atoms with van der Waals surface area (Å²) >= 11 is 0. The summed E-state index contributed by atoms with van der Waals surface area (Å²) in [6.07, 6.45) is 1.83. The second-order valence-corrected chi connectivity index (χ2v) is 6.66. The van der Waals surface area contributed by atoms with Gasteiger partial charge in [0.15, 0.2) is 5.82 Å². The largest absolute Gasteiger partial charge is 0.386 e. The predicted octanol–water partition coefficient (Wildman–Crippen LogP) is 4.07. The Morgan fingerprint density at radius 1 is 0.963 bits per heavy atom. The van der Waals surface area contributed by atoms with E-state index in [1.807, 2.05) is 27.2 Å². The van der Waals surface area contributed by atoms with Crippen LogP contribution in [0.25, 0.3) is 21.7 Å². The minimum Gasteiger partial charge on any atom is -0.386 e. The summed E-state index contributed by atoms with van der Waals surface area (Å²) in [5.74, 6) is 0.770. The Hall–Kier alpha value is -3.35. The normalized spacial score (nSPS) is 12.3. The van der Waals surface area contributed by atoms with Crippen LogP contribution in [-0.2, 0) is 0 Å². The Kier molecular flexibility index (Phi) is 4.27. The average molecular weight is 361 g/mol. The van der Waals surface area contributed by atoms with Gasteiger partial charge in [0, 0.05) is 30.3 Å². The third-order valence-corrected chi connectivity index (χ3v) is 4.96. The molecule has 138 valence electrons. The number of fused-ring (bicyclic) bond motifs is 2. The van der Waals surface area contributed by atoms with Gasteiger partial charge in [0.1, 0.15) is 0 Å². The molecule has 0 radical (unpaired) electrons. The molecule has 4 aromatic rings. The molecule has 0 amide bonds. The van der Waals surface area contributed by atoms with Crippen LogP contribution in [0.2, 0.25) is 0 Å². The van der Waals surface area contributed by atoms with Crippen molar-refractivity contribution >= 4 is 38.9 Å². The SMILES string of the molecule is CNc1cc2c(C)nnc(N[C@H](C)c3ccc4cn[nH]c4c3)c2cc1NC. The van der Waals surface area contributed by atoms with Gasteiger partial charge in [-0.25, -0.2) is 0 Å². The number of hydrogen-bond donors (Lipinski definition) is 4. The van der Waals surface area contributed by atoms with Crippen LogP contribution >= 0.6 is 0 Å². The molecule has 4 rings (SSSR count). The lowest BCUT2D eigenvalue weighted by molar-refractivity contribution is 0.863. The van der Waals surface area contributed by atoms with Crippen LogP contribution in [0.1, 0.15) is 24.2 Å². The number of aromatic amines is 1. The first-order chi connectivity index (χ1) is 13.1. The number of H-pyrrole nitrogens is 1. The lowest BCUT2D eigenvalue weighted by Gasteiger charge is -2.18. The zero-order valence-electron chi connectivity index (χ0n) is 15.9. The summed E-state index contributed by atoms with van der Waals surface area (Å²) in [4.78, 5) is 0. The van der Waals surface area contributed by atoms with Crippen LogP contribution in [0.5, 0.6) is 0 Å². The highest BCUT2D eigenvalue weighted by Gasteiger charge is 2.14. The Morgan fingerprint density at radius 2 is 1.70 bits per heavy atom. The van der Waals surface area contributed by atoms with Gasteiger partial charge in [-0.2, -0.15) is 10.2 Å². The van der Waals surface area contributed by atoms with E-state index in [1.54, 1.807) is 0 Å². The molecule has 0 fully saturated rings. The monoisotopic (exact) mass is 361 g/mol. The van der Waals surface area contributed by atoms with Gasteiger partial charge in [0.2, 0.25) is 0 Å². The summed E-state index contributed by atoms with van der Waals surface area (Å²) in [5.41, 5.74) is 5.14. The van der Waals surface area contributed by atoms with Crippen LogP contribution in [-0.4, -0.2) is 34.5 Å². The number of rotatable bonds is 5. The highest BCUT2D eigenvalue weighted by molar-refractivity contribution is 5.99. The smallest absolute Gasteiger partial charge is 0.157 e. The second kappa shape index (κ2) is 6.75. The molecule has 0 bridgehead atoms. The highest BCUT2D eigenvalue weighted by atomic mass is 15.2. The summed E-state index contributed by atoms with van der Waals surface area (Å²) in [6, 6.07) is 10.6. The maximum Gasteiger partial charge on any atom is 0.157 e. The van der Waals surface area contributed by atoms with Gasteiger partial charge in [-0.1, -0.05) is 12.1 Å². The number of nitrogens with zero attached hydrogens (tertiary/aromatic N) is 3. The van der Waals surface area contributed by atoms with E-state index in [4.69, 9.17) is 0 Å². The number of hydrogen-bond acceptors (Lipinski definition) is 6. The van der Waals surface area contributed by atoms with E-state index in [9.17, 15) is 0 Å². The molecule has 7 nitrogen and oxygen atoms in total. The number of aromatic nitrogens is 4. The van der Waals surface area contributed by atoms with E-state index in [0.29, 0.717) is 0 Å². The first-order valence-corrected chi connectivity index (χ1v) is 8.97. The molecule has 0 aliphatic heterocycles. The van der Waals surface area contributed by atoms with E-state index < -0.39 is 0 Å². The number of anilines is 3. The van der Waals surface area contributed by atoms with Crippen molar-refractivity contribution in [2.24, 2.45) is 0 Å². The van der Waals surface area contributed by atoms with Crippen LogP contribution in [0.3, 0.4) is 0 Å². The summed E-state index contributed by atoms with van der Waals surface area (Å²) in [6.45, 7) is 4.10. The first-order valence-electron chi connectivity index (χ1n) is 8.97. The average Bonchev–Trinajstić information content (AvgIpc) is 3.17. The van der Waals surface area contributed by atoms with E-state index in [2.05, 4.69) is 73.6 Å². The van der Waals surface area contributed by atoms with Crippen molar-refractivity contribution in [1.29, 1.82) is 0 Å². The fourth-order valence-electron chi connectivity index (χ4n) is 3.36. The molecule has 1 atom stereocenters. The summed E-state index contributed by atoms with van der Waals surface area (Å²) in [7, 11) is 3.83. The molecule has 0 aliphatic carbocycles. The Labute approximate surface area is 157 Å². The maximum absolute atomic E-state index is 4.43. The molecule has 2 aromatic carbocycles. The molecule has 0 aliphatic rings. The lowest BCUT2D eigenvalue weighted by Crippen LogP contribution is -2.10. The van der Waals surface area contributed by atoms with Crippen LogP contribution in [0.15, 0.2) is 36.5 Å². The van der Waals surface area contributed by atoms with Crippen LogP contribution in [0, 0.1) is 6.92 Å². The maximum atomic E-state index is 4.43. The van der Waals surface area contributed by atoms with Gasteiger partial charge in [-0.15, -0.1) is 5.10 Å². The van der Waals surface area contributed by atoms with Crippen molar-refractivity contribution in [2.45, 2.75) is 19.9 Å². The number of nitrogens with one attached hydrogen (secondary N) is 4. The van der Waals surface area contributed by atoms with Gasteiger partial charge in [0.05, 0.1) is 34.8 Å². The third kappa shape index (κ3) is 3.01. The predicted molar refractivity (Wildman–Crippen MR) is 111 cm³/mol. The molecule has 0 saturated carbocycles. The van der Waals surface area contributed by atoms with Crippen molar-refractivity contribution in [3.8, 4) is 0 Å². The Morgan fingerprint density at radius 3 is 2.44 bits per heavy atom. The zero-order valence-corrected chi connectivity index (χ0v) is 15.9. The highest BCUT2D eigenvalue weighted by Crippen LogP contribution is 2.33. The minimum absolute atomic E-state index is 0.0694. The molecule has 0 spiro atoms. The first kappa shape index (κ1) is 17.1. The van der Waals surface area contributed by atoms with E-state index >= 15 is 0 Å². The van der Waals surface area contributed by atoms with Crippen molar-refractivity contribution < 1.29 is 0 Å². The Balaban J connectivity index is 1.75. The zero-order chi connectivity index (χ0) is 19.0. The van der Waals surface area contributed by atoms with Crippen molar-refractivity contribution in [3.05, 3.63) is 47.8 Å². The number of benzene rings is 2. The topological polar surface area (TPSA) is 90.6 Å². The molecule has 2 aromatic heterocycles. The summed E-state index contributed by atoms with van der Waals surface area (Å²) < 4.78 is 0. The second-order valence-electron chi connectivity index (χ2n) is 6.66. The molecule has 4 N–H and O–H groups in total. The minimum atomic E-state index is 0.0694. The fourth-order valence-corrected chi connectivity index (χ4v) is 3.36. The van der Waals surface area contributed by atoms with Gasteiger partial charge in [-0.05, 0) is 37.6 Å². The van der Waals surface area contributed by atoms with Crippen molar-refractivity contribution in [1.82, 2.24) is 20.4 Å². The molecular weight excluding hydrogens is 338 g/mol. The van der Waals surface area contributed by atoms with Gasteiger partial charge < -0.3 is 16.0 Å². The van der Waals surface area contributed by atoms with Gasteiger partial charge in [0.25, 0.3) is 0 Å². The third-order valence-electron chi connectivity index (χ3n) is 4.96. The quantitative estimate of drug-likeness (QED) is 0.428. The van der Waals surface area contributed by atoms with Crippen molar-refractivity contribution in [2.75, 3.05) is 30.0 Å². The molecule has 2 heterocycles. The molecular formula is C20H23N7. The van der Waals surface area contributed by atoms with Crippen molar-refractivity contribution in [3.63, 3.8) is 0 Å². The summed E-state index contributed by atoms with van der Waals surface area (Å²) in [5, 5.41) is 29.1. The fraction of sp³-hybridized carbons (Fsp3) is 0.250. The molecule has 0 saturated heterocycles. The van der Waals surface area contributed by atoms with Gasteiger partial charge >= 0.3 is 0 Å². The molecule has 7 heteroatoms.